The summed E-state index contributed by atoms with van der Waals surface area (Å²) in [6.45, 7) is 4.06. The highest BCUT2D eigenvalue weighted by Crippen LogP contribution is 2.19. The van der Waals surface area contributed by atoms with Gasteiger partial charge in [0.2, 0.25) is 0 Å². The Bertz CT molecular complexity index is 705. The second-order valence-electron chi connectivity index (χ2n) is 7.11. The Labute approximate surface area is 160 Å². The standard InChI is InChI=1S/C21H26ClN3O/c1-24(21(26)19-8-11-23-12-9-19)15-18-3-2-13-25(16-18)14-10-17-4-6-20(22)7-5-17/h4-9,11-12,18H,2-3,10,13-16H2,1H3/t18-/m0/s1. The van der Waals surface area contributed by atoms with Crippen molar-refractivity contribution < 1.29 is 4.79 Å². The number of carbonyl (C=O) groups excluding carboxylic acids is 1. The molecular weight excluding hydrogens is 346 g/mol. The van der Waals surface area contributed by atoms with Crippen molar-refractivity contribution in [2.45, 2.75) is 19.3 Å². The molecule has 1 atom stereocenters. The number of halogens is 1. The van der Waals surface area contributed by atoms with E-state index in [1.807, 2.05) is 24.1 Å². The minimum absolute atomic E-state index is 0.0747. The molecule has 0 radical (unpaired) electrons. The molecule has 4 nitrogen and oxygen atoms in total. The third kappa shape index (κ3) is 5.29. The van der Waals surface area contributed by atoms with Crippen molar-refractivity contribution in [2.75, 3.05) is 33.2 Å². The fraction of sp³-hybridized carbons (Fsp3) is 0.429. The number of hydrogen-bond donors (Lipinski definition) is 0. The SMILES string of the molecule is CN(C[C@@H]1CCCN(CCc2ccc(Cl)cc2)C1)C(=O)c1ccncc1. The monoisotopic (exact) mass is 371 g/mol. The Morgan fingerprint density at radius 2 is 1.96 bits per heavy atom. The summed E-state index contributed by atoms with van der Waals surface area (Å²) in [5.41, 5.74) is 2.03. The van der Waals surface area contributed by atoms with E-state index in [0.29, 0.717) is 11.5 Å². The Morgan fingerprint density at radius 3 is 2.69 bits per heavy atom. The van der Waals surface area contributed by atoms with Crippen LogP contribution in [0.1, 0.15) is 28.8 Å². The van der Waals surface area contributed by atoms with Gasteiger partial charge in [0.1, 0.15) is 0 Å². The lowest BCUT2D eigenvalue weighted by molar-refractivity contribution is 0.0730. The first-order valence-electron chi connectivity index (χ1n) is 9.24. The molecule has 1 saturated heterocycles. The summed E-state index contributed by atoms with van der Waals surface area (Å²) in [5.74, 6) is 0.607. The quantitative estimate of drug-likeness (QED) is 0.775. The fourth-order valence-electron chi connectivity index (χ4n) is 3.63. The zero-order valence-electron chi connectivity index (χ0n) is 15.3. The molecule has 0 saturated carbocycles. The number of amides is 1. The third-order valence-corrected chi connectivity index (χ3v) is 5.29. The molecule has 1 aliphatic rings. The minimum atomic E-state index is 0.0747. The Balaban J connectivity index is 1.48. The van der Waals surface area contributed by atoms with Crippen molar-refractivity contribution in [1.82, 2.24) is 14.8 Å². The van der Waals surface area contributed by atoms with Gasteiger partial charge >= 0.3 is 0 Å². The molecule has 0 N–H and O–H groups in total. The van der Waals surface area contributed by atoms with E-state index in [2.05, 4.69) is 22.0 Å². The van der Waals surface area contributed by atoms with Gasteiger partial charge in [0, 0.05) is 49.7 Å². The lowest BCUT2D eigenvalue weighted by Gasteiger charge is -2.34. The molecule has 0 aliphatic carbocycles. The first kappa shape index (κ1) is 18.9. The zero-order chi connectivity index (χ0) is 18.4. The Kier molecular flexibility index (Phi) is 6.64. The van der Waals surface area contributed by atoms with Crippen molar-refractivity contribution >= 4 is 17.5 Å². The number of rotatable bonds is 6. The molecule has 0 unspecified atom stereocenters. The van der Waals surface area contributed by atoms with Crippen molar-refractivity contribution in [3.05, 3.63) is 64.9 Å². The summed E-state index contributed by atoms with van der Waals surface area (Å²) in [4.78, 5) is 20.9. The maximum atomic E-state index is 12.5. The number of carbonyl (C=O) groups is 1. The van der Waals surface area contributed by atoms with Gasteiger partial charge in [-0.25, -0.2) is 0 Å². The van der Waals surface area contributed by atoms with Crippen LogP contribution in [0.3, 0.4) is 0 Å². The molecular formula is C21H26ClN3O. The third-order valence-electron chi connectivity index (χ3n) is 5.04. The molecule has 1 aromatic carbocycles. The Hall–Kier alpha value is -1.91. The number of nitrogens with zero attached hydrogens (tertiary/aromatic N) is 3. The van der Waals surface area contributed by atoms with Crippen molar-refractivity contribution in [2.24, 2.45) is 5.92 Å². The summed E-state index contributed by atoms with van der Waals surface area (Å²) >= 11 is 5.95. The van der Waals surface area contributed by atoms with Crippen molar-refractivity contribution in [3.63, 3.8) is 0 Å². The molecule has 1 amide bonds. The topological polar surface area (TPSA) is 36.4 Å². The zero-order valence-corrected chi connectivity index (χ0v) is 16.0. The van der Waals surface area contributed by atoms with Gasteiger partial charge in [-0.05, 0) is 61.6 Å². The van der Waals surface area contributed by atoms with E-state index in [4.69, 9.17) is 11.6 Å². The van der Waals surface area contributed by atoms with Gasteiger partial charge in [-0.3, -0.25) is 9.78 Å². The highest BCUT2D eigenvalue weighted by Gasteiger charge is 2.23. The lowest BCUT2D eigenvalue weighted by Crippen LogP contribution is -2.42. The first-order valence-corrected chi connectivity index (χ1v) is 9.62. The van der Waals surface area contributed by atoms with E-state index in [9.17, 15) is 4.79 Å². The van der Waals surface area contributed by atoms with Gasteiger partial charge in [0.25, 0.3) is 5.91 Å². The predicted octanol–water partition coefficient (Wildman–Crippen LogP) is 3.76. The molecule has 0 spiro atoms. The van der Waals surface area contributed by atoms with Gasteiger partial charge in [-0.2, -0.15) is 0 Å². The summed E-state index contributed by atoms with van der Waals surface area (Å²) in [6, 6.07) is 11.7. The van der Waals surface area contributed by atoms with E-state index in [-0.39, 0.29) is 5.91 Å². The van der Waals surface area contributed by atoms with Crippen LogP contribution in [0.5, 0.6) is 0 Å². The van der Waals surface area contributed by atoms with E-state index >= 15 is 0 Å². The van der Waals surface area contributed by atoms with E-state index < -0.39 is 0 Å². The van der Waals surface area contributed by atoms with Crippen LogP contribution in [-0.4, -0.2) is 53.9 Å². The molecule has 3 rings (SSSR count). The van der Waals surface area contributed by atoms with Crippen LogP contribution < -0.4 is 0 Å². The summed E-state index contributed by atoms with van der Waals surface area (Å²) in [5, 5.41) is 0.786. The lowest BCUT2D eigenvalue weighted by atomic mass is 9.97. The van der Waals surface area contributed by atoms with Crippen LogP contribution in [-0.2, 0) is 6.42 Å². The molecule has 1 aromatic heterocycles. The fourth-order valence-corrected chi connectivity index (χ4v) is 3.75. The molecule has 1 fully saturated rings. The maximum absolute atomic E-state index is 12.5. The van der Waals surface area contributed by atoms with Crippen LogP contribution in [0, 0.1) is 5.92 Å². The smallest absolute Gasteiger partial charge is 0.253 e. The average molecular weight is 372 g/mol. The Morgan fingerprint density at radius 1 is 1.23 bits per heavy atom. The number of piperidine rings is 1. The van der Waals surface area contributed by atoms with Crippen molar-refractivity contribution in [3.8, 4) is 0 Å². The molecule has 1 aliphatic heterocycles. The normalized spacial score (nSPS) is 17.8. The van der Waals surface area contributed by atoms with Crippen LogP contribution in [0.25, 0.3) is 0 Å². The van der Waals surface area contributed by atoms with Crippen molar-refractivity contribution in [1.29, 1.82) is 0 Å². The second kappa shape index (κ2) is 9.15. The summed E-state index contributed by atoms with van der Waals surface area (Å²) < 4.78 is 0. The van der Waals surface area contributed by atoms with Gasteiger partial charge in [-0.15, -0.1) is 0 Å². The summed E-state index contributed by atoms with van der Waals surface area (Å²) in [7, 11) is 1.90. The number of benzene rings is 1. The second-order valence-corrected chi connectivity index (χ2v) is 7.54. The van der Waals surface area contributed by atoms with E-state index in [1.54, 1.807) is 24.5 Å². The molecule has 0 bridgehead atoms. The largest absolute Gasteiger partial charge is 0.341 e. The number of hydrogen-bond acceptors (Lipinski definition) is 3. The van der Waals surface area contributed by atoms with Gasteiger partial charge in [-0.1, -0.05) is 23.7 Å². The highest BCUT2D eigenvalue weighted by molar-refractivity contribution is 6.30. The van der Waals surface area contributed by atoms with E-state index in [0.717, 1.165) is 37.6 Å². The molecule has 2 heterocycles. The number of pyridine rings is 1. The van der Waals surface area contributed by atoms with Gasteiger partial charge in [0.15, 0.2) is 0 Å². The van der Waals surface area contributed by atoms with Crippen LogP contribution in [0.2, 0.25) is 5.02 Å². The molecule has 138 valence electrons. The predicted molar refractivity (Wildman–Crippen MR) is 106 cm³/mol. The summed E-state index contributed by atoms with van der Waals surface area (Å²) in [6.07, 6.45) is 6.75. The maximum Gasteiger partial charge on any atom is 0.253 e. The number of likely N-dealkylation sites (tertiary alicyclic amines) is 1. The minimum Gasteiger partial charge on any atom is -0.341 e. The van der Waals surface area contributed by atoms with Crippen LogP contribution in [0.4, 0.5) is 0 Å². The van der Waals surface area contributed by atoms with Gasteiger partial charge in [0.05, 0.1) is 0 Å². The molecule has 2 aromatic rings. The van der Waals surface area contributed by atoms with Gasteiger partial charge < -0.3 is 9.80 Å². The molecule has 5 heteroatoms. The first-order chi connectivity index (χ1) is 12.6. The van der Waals surface area contributed by atoms with E-state index in [1.165, 1.54) is 18.4 Å². The van der Waals surface area contributed by atoms with Crippen LogP contribution >= 0.6 is 11.6 Å². The average Bonchev–Trinajstić information content (AvgIpc) is 2.68. The molecule has 26 heavy (non-hydrogen) atoms. The highest BCUT2D eigenvalue weighted by atomic mass is 35.5. The number of aromatic nitrogens is 1. The van der Waals surface area contributed by atoms with Crippen LogP contribution in [0.15, 0.2) is 48.8 Å².